The molecule has 0 saturated carbocycles. The van der Waals surface area contributed by atoms with Crippen LogP contribution >= 0.6 is 23.5 Å². The zero-order valence-electron chi connectivity index (χ0n) is 21.6. The highest BCUT2D eigenvalue weighted by molar-refractivity contribution is 7.98. The Morgan fingerprint density at radius 1 is 0.900 bits per heavy atom. The second-order valence-electron chi connectivity index (χ2n) is 9.06. The van der Waals surface area contributed by atoms with E-state index in [9.17, 15) is 27.9 Å². The minimum Gasteiger partial charge on any atom is -0.376 e. The summed E-state index contributed by atoms with van der Waals surface area (Å²) in [6.45, 7) is 0. The average Bonchev–Trinajstić information content (AvgIpc) is 3.25. The number of aryl methyl sites for hydroxylation is 1. The van der Waals surface area contributed by atoms with Crippen molar-refractivity contribution in [2.45, 2.75) is 39.9 Å². The maximum absolute atomic E-state index is 12.3. The Balaban J connectivity index is 1.50. The molecule has 210 valence electrons. The maximum Gasteiger partial charge on any atom is 0.333 e. The van der Waals surface area contributed by atoms with E-state index in [2.05, 4.69) is 0 Å². The van der Waals surface area contributed by atoms with Gasteiger partial charge in [0.1, 0.15) is 5.60 Å². The Kier molecular flexibility index (Phi) is 9.06. The summed E-state index contributed by atoms with van der Waals surface area (Å²) < 4.78 is 31.6. The molecule has 1 fully saturated rings. The molecule has 1 aliphatic heterocycles. The molecule has 0 bridgehead atoms. The Morgan fingerprint density at radius 2 is 1.35 bits per heavy atom. The zero-order valence-corrected chi connectivity index (χ0v) is 24.1. The van der Waals surface area contributed by atoms with Crippen molar-refractivity contribution in [1.82, 2.24) is 5.06 Å². The zero-order chi connectivity index (χ0) is 29.1. The number of hydrogen-bond acceptors (Lipinski definition) is 9. The number of hydroxylamine groups is 2. The van der Waals surface area contributed by atoms with E-state index < -0.39 is 45.2 Å². The molecule has 3 aromatic rings. The smallest absolute Gasteiger partial charge is 0.333 e. The second kappa shape index (κ2) is 12.1. The molecule has 0 aliphatic carbocycles. The van der Waals surface area contributed by atoms with E-state index >= 15 is 0 Å². The molecule has 3 aromatic carbocycles. The highest BCUT2D eigenvalue weighted by Gasteiger charge is 2.48. The Morgan fingerprint density at radius 3 is 1.75 bits per heavy atom. The lowest BCUT2D eigenvalue weighted by Crippen LogP contribution is -2.36. The van der Waals surface area contributed by atoms with Gasteiger partial charge in [0.2, 0.25) is 0 Å². The van der Waals surface area contributed by atoms with Gasteiger partial charge in [-0.1, -0.05) is 48.5 Å². The number of carbonyl (C=O) groups is 3. The summed E-state index contributed by atoms with van der Waals surface area (Å²) >= 11 is 3.21. The van der Waals surface area contributed by atoms with Crippen molar-refractivity contribution in [2.75, 3.05) is 12.5 Å². The van der Waals surface area contributed by atoms with Gasteiger partial charge < -0.3 is 9.94 Å². The van der Waals surface area contributed by atoms with Crippen LogP contribution in [0.2, 0.25) is 0 Å². The molecule has 0 aromatic heterocycles. The van der Waals surface area contributed by atoms with Gasteiger partial charge in [-0.05, 0) is 65.5 Å². The molecule has 2 N–H and O–H groups in total. The van der Waals surface area contributed by atoms with Crippen LogP contribution in [0, 0.1) is 0 Å². The van der Waals surface area contributed by atoms with Gasteiger partial charge >= 0.3 is 5.97 Å². The lowest BCUT2D eigenvalue weighted by molar-refractivity contribution is -0.197. The summed E-state index contributed by atoms with van der Waals surface area (Å²) in [6.07, 6.45) is 3.15. The molecule has 1 saturated heterocycles. The summed E-state index contributed by atoms with van der Waals surface area (Å²) in [5.41, 5.74) is 1.31. The van der Waals surface area contributed by atoms with Gasteiger partial charge in [0.25, 0.3) is 21.9 Å². The van der Waals surface area contributed by atoms with Gasteiger partial charge in [0.05, 0.1) is 12.8 Å². The van der Waals surface area contributed by atoms with Gasteiger partial charge in [-0.3, -0.25) is 14.1 Å². The van der Waals surface area contributed by atoms with Gasteiger partial charge in [0.15, 0.2) is 5.25 Å². The fraction of sp³-hybridized carbons (Fsp3) is 0.250. The van der Waals surface area contributed by atoms with Crippen LogP contribution in [0.25, 0.3) is 0 Å². The fourth-order valence-corrected chi connectivity index (χ4v) is 5.90. The van der Waals surface area contributed by atoms with Crippen molar-refractivity contribution in [3.8, 4) is 0 Å². The van der Waals surface area contributed by atoms with Crippen LogP contribution in [0.3, 0.4) is 0 Å². The number of thioether (sulfide) groups is 2. The van der Waals surface area contributed by atoms with Gasteiger partial charge in [-0.2, -0.15) is 8.42 Å². The molecule has 1 atom stereocenters. The van der Waals surface area contributed by atoms with E-state index in [1.807, 2.05) is 61.0 Å². The molecule has 2 amide bonds. The number of hydrogen-bond donors (Lipinski definition) is 2. The molecular weight excluding hydrogens is 575 g/mol. The summed E-state index contributed by atoms with van der Waals surface area (Å²) in [5.74, 6) is -3.25. The van der Waals surface area contributed by atoms with Crippen LogP contribution < -0.4 is 0 Å². The van der Waals surface area contributed by atoms with Gasteiger partial charge in [0, 0.05) is 9.79 Å². The van der Waals surface area contributed by atoms with Crippen LogP contribution in [0.1, 0.15) is 35.1 Å². The van der Waals surface area contributed by atoms with E-state index in [1.165, 1.54) is 0 Å². The number of nitrogens with zero attached hydrogens (tertiary/aromatic N) is 1. The third kappa shape index (κ3) is 6.26. The normalized spacial score (nSPS) is 15.9. The van der Waals surface area contributed by atoms with Crippen LogP contribution in [0.5, 0.6) is 0 Å². The van der Waals surface area contributed by atoms with Crippen molar-refractivity contribution in [2.24, 2.45) is 0 Å². The van der Waals surface area contributed by atoms with E-state index in [0.29, 0.717) is 16.7 Å². The summed E-state index contributed by atoms with van der Waals surface area (Å²) in [7, 11) is -4.80. The SMILES string of the molecule is CSc1ccc(C(O)(c2ccc(CCC(=O)ON3C(=O)CC(S(=O)(=O)O)C3=O)cc2)c2ccc(SC)cc2)cc1. The molecule has 1 heterocycles. The van der Waals surface area contributed by atoms with E-state index in [-0.39, 0.29) is 17.9 Å². The van der Waals surface area contributed by atoms with E-state index in [0.717, 1.165) is 15.4 Å². The lowest BCUT2D eigenvalue weighted by Gasteiger charge is -2.30. The van der Waals surface area contributed by atoms with Gasteiger partial charge in [-0.25, -0.2) is 4.79 Å². The fourth-order valence-electron chi connectivity index (χ4n) is 4.38. The predicted molar refractivity (Wildman–Crippen MR) is 151 cm³/mol. The number of imide groups is 1. The van der Waals surface area contributed by atoms with Crippen molar-refractivity contribution in [1.29, 1.82) is 0 Å². The molecule has 0 spiro atoms. The molecule has 1 unspecified atom stereocenters. The molecule has 9 nitrogen and oxygen atoms in total. The minimum absolute atomic E-state index is 0.0919. The maximum atomic E-state index is 12.3. The highest BCUT2D eigenvalue weighted by Crippen LogP contribution is 2.38. The van der Waals surface area contributed by atoms with Crippen LogP contribution in [-0.2, 0) is 41.4 Å². The molecule has 40 heavy (non-hydrogen) atoms. The first-order chi connectivity index (χ1) is 19.0. The van der Waals surface area contributed by atoms with Crippen molar-refractivity contribution in [3.05, 3.63) is 95.1 Å². The Hall–Kier alpha value is -3.16. The predicted octanol–water partition coefficient (Wildman–Crippen LogP) is 3.82. The quantitative estimate of drug-likeness (QED) is 0.153. The third-order valence-electron chi connectivity index (χ3n) is 6.62. The standard InChI is InChI=1S/C28H27NO8S3/c1-38-22-12-8-20(9-13-22)28(33,21-10-14-23(39-2)15-11-21)19-6-3-18(4-7-19)5-16-26(31)37-29-25(30)17-24(27(29)32)40(34,35)36/h3-4,6-15,24,33H,5,16-17H2,1-2H3,(H,34,35,36). The first-order valence-corrected chi connectivity index (χ1v) is 16.1. The van der Waals surface area contributed by atoms with E-state index in [1.54, 1.807) is 47.8 Å². The molecule has 1 aliphatic rings. The molecule has 0 radical (unpaired) electrons. The topological polar surface area (TPSA) is 138 Å². The number of carbonyl (C=O) groups excluding carboxylic acids is 3. The first kappa shape index (κ1) is 29.8. The van der Waals surface area contributed by atoms with Crippen molar-refractivity contribution >= 4 is 51.4 Å². The molecule has 4 rings (SSSR count). The molecular formula is C28H27NO8S3. The van der Waals surface area contributed by atoms with E-state index in [4.69, 9.17) is 9.39 Å². The van der Waals surface area contributed by atoms with Crippen LogP contribution in [0.4, 0.5) is 0 Å². The highest BCUT2D eigenvalue weighted by atomic mass is 32.2. The largest absolute Gasteiger partial charge is 0.376 e. The average molecular weight is 602 g/mol. The van der Waals surface area contributed by atoms with Crippen molar-refractivity contribution < 1.29 is 37.3 Å². The van der Waals surface area contributed by atoms with Gasteiger partial charge in [-0.15, -0.1) is 28.6 Å². The number of aliphatic hydroxyl groups is 1. The summed E-state index contributed by atoms with van der Waals surface area (Å²) in [4.78, 5) is 43.2. The minimum atomic E-state index is -4.80. The first-order valence-electron chi connectivity index (χ1n) is 12.1. The van der Waals surface area contributed by atoms with Crippen LogP contribution in [0.15, 0.2) is 82.6 Å². The summed E-state index contributed by atoms with van der Waals surface area (Å²) in [5, 5.41) is 10.2. The lowest BCUT2D eigenvalue weighted by atomic mass is 9.80. The Bertz CT molecular complexity index is 1460. The monoisotopic (exact) mass is 601 g/mol. The summed E-state index contributed by atoms with van der Waals surface area (Å²) in [6, 6.07) is 22.5. The number of rotatable bonds is 10. The second-order valence-corrected chi connectivity index (χ2v) is 12.4. The third-order valence-corrected chi connectivity index (χ3v) is 9.19. The molecule has 12 heteroatoms. The van der Waals surface area contributed by atoms with Crippen LogP contribution in [-0.4, -0.2) is 58.7 Å². The number of amides is 2. The van der Waals surface area contributed by atoms with Crippen molar-refractivity contribution in [3.63, 3.8) is 0 Å². The Labute approximate surface area is 240 Å². The number of benzene rings is 3.